The molecule has 8 nitrogen and oxygen atoms in total. The number of aromatic amines is 2. The maximum atomic E-state index is 13.0. The van der Waals surface area contributed by atoms with Crippen LogP contribution >= 0.6 is 0 Å². The number of carbonyl (C=O) groups is 2. The van der Waals surface area contributed by atoms with Gasteiger partial charge in [0.2, 0.25) is 11.8 Å². The third kappa shape index (κ3) is 22.6. The number of hydrogen-bond acceptors (Lipinski definition) is 4. The van der Waals surface area contributed by atoms with E-state index in [-0.39, 0.29) is 11.8 Å². The zero-order valence-electron chi connectivity index (χ0n) is 42.2. The standard InChI is InChI=1S/C59H88N4O4/c1-5-6-7-8-9-17-20-23-27-32-49(34-29-26-31-36-59(65)63(2)44-42-51-48-62-57-40-38-53(67-4)46-55(51)57)33-28-24-21-18-15-13-11-10-12-14-16-19-22-25-30-35-58(64)60-43-41-50-47-61-56-39-37-52(66-3)45-54(50)56/h9-10,12-13,15,17,23,27,37-40,45-49,61-62H,5-8,11,14,16,18-22,24-26,28-36,41-44H2,1-4H3,(H,60,64)/b12-10-,15-13-,17-9-,27-23-. The molecule has 0 saturated heterocycles. The topological polar surface area (TPSA) is 99.5 Å². The quantitative estimate of drug-likeness (QED) is 0.0308. The summed E-state index contributed by atoms with van der Waals surface area (Å²) in [4.78, 5) is 33.9. The number of carbonyl (C=O) groups excluding carboxylic acids is 2. The molecule has 0 bridgehead atoms. The number of rotatable bonds is 38. The molecule has 0 aliphatic rings. The van der Waals surface area contributed by atoms with Crippen LogP contribution in [0.25, 0.3) is 21.8 Å². The number of fused-ring (bicyclic) bond motifs is 2. The summed E-state index contributed by atoms with van der Waals surface area (Å²) >= 11 is 0. The summed E-state index contributed by atoms with van der Waals surface area (Å²) in [5, 5.41) is 5.42. The molecule has 1 unspecified atom stereocenters. The van der Waals surface area contributed by atoms with Crippen molar-refractivity contribution in [3.8, 4) is 11.5 Å². The molecule has 368 valence electrons. The van der Waals surface area contributed by atoms with Gasteiger partial charge in [0.15, 0.2) is 0 Å². The van der Waals surface area contributed by atoms with E-state index in [4.69, 9.17) is 9.47 Å². The van der Waals surface area contributed by atoms with Crippen LogP contribution in [0.3, 0.4) is 0 Å². The van der Waals surface area contributed by atoms with Crippen molar-refractivity contribution in [3.63, 3.8) is 0 Å². The molecular formula is C59H88N4O4. The number of amides is 2. The maximum Gasteiger partial charge on any atom is 0.222 e. The highest BCUT2D eigenvalue weighted by molar-refractivity contribution is 5.85. The van der Waals surface area contributed by atoms with Gasteiger partial charge in [0.25, 0.3) is 0 Å². The molecule has 0 aliphatic heterocycles. The van der Waals surface area contributed by atoms with Crippen LogP contribution in [0, 0.1) is 5.92 Å². The van der Waals surface area contributed by atoms with Crippen molar-refractivity contribution in [1.82, 2.24) is 20.2 Å². The first kappa shape index (κ1) is 54.6. The molecule has 2 aromatic carbocycles. The number of H-pyrrole nitrogens is 2. The molecule has 2 heterocycles. The first-order chi connectivity index (χ1) is 32.9. The summed E-state index contributed by atoms with van der Waals surface area (Å²) in [5.74, 6) is 2.83. The minimum absolute atomic E-state index is 0.155. The lowest BCUT2D eigenvalue weighted by atomic mass is 9.91. The Kier molecular flexibility index (Phi) is 28.0. The highest BCUT2D eigenvalue weighted by Crippen LogP contribution is 2.26. The normalized spacial score (nSPS) is 12.5. The highest BCUT2D eigenvalue weighted by atomic mass is 16.5. The van der Waals surface area contributed by atoms with Gasteiger partial charge in [0.1, 0.15) is 11.5 Å². The second kappa shape index (κ2) is 34.3. The molecule has 0 spiro atoms. The van der Waals surface area contributed by atoms with Gasteiger partial charge in [-0.05, 0) is 137 Å². The fraction of sp³-hybridized carbons (Fsp3) is 0.559. The molecule has 0 fully saturated rings. The third-order valence-electron chi connectivity index (χ3n) is 13.2. The Balaban J connectivity index is 0.997. The minimum atomic E-state index is 0.155. The molecule has 4 rings (SSSR count). The number of benzene rings is 2. The summed E-state index contributed by atoms with van der Waals surface area (Å²) in [6, 6.07) is 12.1. The molecular weight excluding hydrogens is 829 g/mol. The first-order valence-corrected chi connectivity index (χ1v) is 26.3. The van der Waals surface area contributed by atoms with Gasteiger partial charge in [-0.3, -0.25) is 9.59 Å². The molecule has 8 heteroatoms. The largest absolute Gasteiger partial charge is 0.497 e. The van der Waals surface area contributed by atoms with Gasteiger partial charge in [-0.25, -0.2) is 0 Å². The van der Waals surface area contributed by atoms with Crippen LogP contribution < -0.4 is 14.8 Å². The number of aromatic nitrogens is 2. The smallest absolute Gasteiger partial charge is 0.222 e. The number of nitrogens with one attached hydrogen (secondary N) is 3. The van der Waals surface area contributed by atoms with E-state index < -0.39 is 0 Å². The summed E-state index contributed by atoms with van der Waals surface area (Å²) in [7, 11) is 5.32. The lowest BCUT2D eigenvalue weighted by molar-refractivity contribution is -0.130. The van der Waals surface area contributed by atoms with Crippen LogP contribution in [-0.2, 0) is 22.4 Å². The lowest BCUT2D eigenvalue weighted by Crippen LogP contribution is -2.28. The van der Waals surface area contributed by atoms with Crippen molar-refractivity contribution in [2.24, 2.45) is 5.92 Å². The zero-order chi connectivity index (χ0) is 47.6. The molecule has 2 amide bonds. The molecule has 3 N–H and O–H groups in total. The molecule has 4 aromatic rings. The molecule has 0 radical (unpaired) electrons. The fourth-order valence-corrected chi connectivity index (χ4v) is 8.92. The van der Waals surface area contributed by atoms with Crippen molar-refractivity contribution in [2.75, 3.05) is 34.4 Å². The third-order valence-corrected chi connectivity index (χ3v) is 13.2. The fourth-order valence-electron chi connectivity index (χ4n) is 8.92. The number of ether oxygens (including phenoxy) is 2. The van der Waals surface area contributed by atoms with Crippen LogP contribution in [0.15, 0.2) is 97.4 Å². The number of methoxy groups -OCH3 is 2. The van der Waals surface area contributed by atoms with E-state index in [2.05, 4.69) is 89.1 Å². The summed E-state index contributed by atoms with van der Waals surface area (Å²) in [6.45, 7) is 3.64. The summed E-state index contributed by atoms with van der Waals surface area (Å²) in [6.07, 6.45) is 51.8. The van der Waals surface area contributed by atoms with E-state index in [0.717, 1.165) is 98.2 Å². The van der Waals surface area contributed by atoms with E-state index in [1.54, 1.807) is 14.2 Å². The number of hydrogen-bond donors (Lipinski definition) is 3. The maximum absolute atomic E-state index is 13.0. The van der Waals surface area contributed by atoms with Crippen LogP contribution in [0.5, 0.6) is 11.5 Å². The van der Waals surface area contributed by atoms with Gasteiger partial charge < -0.3 is 29.7 Å². The Morgan fingerprint density at radius 2 is 1.12 bits per heavy atom. The minimum Gasteiger partial charge on any atom is -0.497 e. The molecule has 0 aliphatic carbocycles. The Hall–Kier alpha value is -4.98. The SMILES string of the molecule is CCCCC/C=C\C/C=C\CC(CCCCC/C=C\C/C=C\CCCCCCCC(=O)NCCc1c[nH]c2ccc(OC)cc12)CCCCCC(=O)N(C)CCc1c[nH]c2ccc(OC)cc12. The monoisotopic (exact) mass is 917 g/mol. The van der Waals surface area contributed by atoms with Crippen molar-refractivity contribution < 1.29 is 19.1 Å². The van der Waals surface area contributed by atoms with Crippen LogP contribution in [0.1, 0.15) is 172 Å². The van der Waals surface area contributed by atoms with Gasteiger partial charge in [-0.1, -0.05) is 126 Å². The summed E-state index contributed by atoms with van der Waals surface area (Å²) in [5.41, 5.74) is 4.62. The van der Waals surface area contributed by atoms with Gasteiger partial charge in [-0.15, -0.1) is 0 Å². The van der Waals surface area contributed by atoms with E-state index >= 15 is 0 Å². The molecule has 67 heavy (non-hydrogen) atoms. The predicted octanol–water partition coefficient (Wildman–Crippen LogP) is 15.2. The zero-order valence-corrected chi connectivity index (χ0v) is 42.2. The number of unbranched alkanes of at least 4 members (excludes halogenated alkanes) is 13. The molecule has 2 aromatic heterocycles. The Labute approximate surface area is 405 Å². The average Bonchev–Trinajstić information content (AvgIpc) is 3.95. The van der Waals surface area contributed by atoms with Crippen LogP contribution in [0.4, 0.5) is 0 Å². The highest BCUT2D eigenvalue weighted by Gasteiger charge is 2.13. The van der Waals surface area contributed by atoms with Crippen molar-refractivity contribution in [3.05, 3.63) is 109 Å². The number of nitrogens with zero attached hydrogens (tertiary/aromatic N) is 1. The second-order valence-electron chi connectivity index (χ2n) is 18.6. The van der Waals surface area contributed by atoms with E-state index in [1.165, 1.54) is 113 Å². The van der Waals surface area contributed by atoms with Crippen LogP contribution in [0.2, 0.25) is 0 Å². The Morgan fingerprint density at radius 1 is 0.612 bits per heavy atom. The van der Waals surface area contributed by atoms with Gasteiger partial charge in [0.05, 0.1) is 14.2 Å². The van der Waals surface area contributed by atoms with Crippen LogP contribution in [-0.4, -0.2) is 61.0 Å². The average molecular weight is 917 g/mol. The predicted molar refractivity (Wildman–Crippen MR) is 284 cm³/mol. The molecule has 0 saturated carbocycles. The van der Waals surface area contributed by atoms with Crippen molar-refractivity contribution in [2.45, 2.75) is 174 Å². The van der Waals surface area contributed by atoms with E-state index in [0.29, 0.717) is 19.4 Å². The van der Waals surface area contributed by atoms with Gasteiger partial charge in [0, 0.05) is 67.2 Å². The van der Waals surface area contributed by atoms with Crippen molar-refractivity contribution in [1.29, 1.82) is 0 Å². The van der Waals surface area contributed by atoms with Gasteiger partial charge >= 0.3 is 0 Å². The first-order valence-electron chi connectivity index (χ1n) is 26.3. The van der Waals surface area contributed by atoms with E-state index in [9.17, 15) is 9.59 Å². The lowest BCUT2D eigenvalue weighted by Gasteiger charge is -2.18. The van der Waals surface area contributed by atoms with Gasteiger partial charge in [-0.2, -0.15) is 0 Å². The van der Waals surface area contributed by atoms with E-state index in [1.807, 2.05) is 42.4 Å². The number of likely N-dealkylation sites (N-methyl/N-ethyl adjacent to an activating group) is 1. The second-order valence-corrected chi connectivity index (χ2v) is 18.6. The van der Waals surface area contributed by atoms with Crippen molar-refractivity contribution >= 4 is 33.6 Å². The Morgan fingerprint density at radius 3 is 1.72 bits per heavy atom. The Bertz CT molecular complexity index is 2070. The number of allylic oxidation sites excluding steroid dienone is 8. The molecule has 1 atom stereocenters. The summed E-state index contributed by atoms with van der Waals surface area (Å²) < 4.78 is 10.8.